The van der Waals surface area contributed by atoms with Gasteiger partial charge in [0.05, 0.1) is 6.04 Å². The molecule has 7 nitrogen and oxygen atoms in total. The second-order valence-corrected chi connectivity index (χ2v) is 8.50. The lowest BCUT2D eigenvalue weighted by Gasteiger charge is -2.46. The van der Waals surface area contributed by atoms with Crippen LogP contribution in [0.15, 0.2) is 23.0 Å². The van der Waals surface area contributed by atoms with Gasteiger partial charge in [0, 0.05) is 42.5 Å². The van der Waals surface area contributed by atoms with E-state index in [0.29, 0.717) is 37.3 Å². The Kier molecular flexibility index (Phi) is 4.30. The third-order valence-electron chi connectivity index (χ3n) is 6.87. The van der Waals surface area contributed by atoms with Crippen molar-refractivity contribution in [2.75, 3.05) is 13.1 Å². The average Bonchev–Trinajstić information content (AvgIpc) is 3.32. The minimum atomic E-state index is -0.769. The van der Waals surface area contributed by atoms with E-state index in [4.69, 9.17) is 0 Å². The third kappa shape index (κ3) is 2.69. The van der Waals surface area contributed by atoms with Crippen molar-refractivity contribution in [1.29, 1.82) is 0 Å². The number of rotatable bonds is 3. The topological polar surface area (TPSA) is 83.4 Å². The SMILES string of the molecule is Cc1c2n3c(c(C(=O)NCc4ccc(F)cc4F)c1=O)CCC3C1(C)NCCN1C2=O. The third-order valence-corrected chi connectivity index (χ3v) is 6.87. The number of aromatic nitrogens is 1. The van der Waals surface area contributed by atoms with Gasteiger partial charge in [-0.3, -0.25) is 19.7 Å². The van der Waals surface area contributed by atoms with Crippen molar-refractivity contribution in [3.8, 4) is 0 Å². The lowest BCUT2D eigenvalue weighted by Crippen LogP contribution is -2.61. The monoisotopic (exact) mass is 428 g/mol. The number of hydrogen-bond donors (Lipinski definition) is 2. The first-order chi connectivity index (χ1) is 14.7. The van der Waals surface area contributed by atoms with E-state index in [1.54, 1.807) is 11.8 Å². The summed E-state index contributed by atoms with van der Waals surface area (Å²) in [5.74, 6) is -2.30. The van der Waals surface area contributed by atoms with Crippen molar-refractivity contribution in [2.45, 2.75) is 44.9 Å². The first kappa shape index (κ1) is 19.9. The molecule has 2 unspecified atom stereocenters. The van der Waals surface area contributed by atoms with E-state index in [0.717, 1.165) is 12.1 Å². The van der Waals surface area contributed by atoms with Gasteiger partial charge in [-0.2, -0.15) is 0 Å². The van der Waals surface area contributed by atoms with Crippen LogP contribution in [-0.2, 0) is 13.0 Å². The van der Waals surface area contributed by atoms with Crippen LogP contribution in [0.2, 0.25) is 0 Å². The summed E-state index contributed by atoms with van der Waals surface area (Å²) in [4.78, 5) is 41.1. The Morgan fingerprint density at radius 2 is 2.10 bits per heavy atom. The zero-order valence-corrected chi connectivity index (χ0v) is 17.2. The van der Waals surface area contributed by atoms with Crippen molar-refractivity contribution >= 4 is 11.8 Å². The van der Waals surface area contributed by atoms with Gasteiger partial charge in [-0.1, -0.05) is 6.07 Å². The largest absolute Gasteiger partial charge is 0.348 e. The van der Waals surface area contributed by atoms with Gasteiger partial charge in [0.1, 0.15) is 28.6 Å². The van der Waals surface area contributed by atoms with Crippen molar-refractivity contribution < 1.29 is 18.4 Å². The maximum Gasteiger partial charge on any atom is 0.272 e. The second kappa shape index (κ2) is 6.71. The van der Waals surface area contributed by atoms with Crippen LogP contribution in [-0.4, -0.2) is 40.0 Å². The normalized spacial score (nSPS) is 23.7. The molecular formula is C22H22F2N4O3. The van der Waals surface area contributed by atoms with Crippen LogP contribution in [0.1, 0.15) is 57.1 Å². The minimum absolute atomic E-state index is 0.00545. The van der Waals surface area contributed by atoms with Crippen LogP contribution < -0.4 is 16.1 Å². The van der Waals surface area contributed by atoms with E-state index in [2.05, 4.69) is 10.6 Å². The zero-order chi connectivity index (χ0) is 22.1. The Bertz CT molecular complexity index is 1210. The van der Waals surface area contributed by atoms with Crippen LogP contribution in [0.4, 0.5) is 8.78 Å². The predicted molar refractivity (Wildman–Crippen MR) is 108 cm³/mol. The highest BCUT2D eigenvalue weighted by Gasteiger charge is 2.54. The quantitative estimate of drug-likeness (QED) is 0.779. The molecule has 9 heteroatoms. The van der Waals surface area contributed by atoms with Gasteiger partial charge in [-0.05, 0) is 32.8 Å². The van der Waals surface area contributed by atoms with Crippen molar-refractivity contribution in [3.63, 3.8) is 0 Å². The number of hydrogen-bond acceptors (Lipinski definition) is 4. The summed E-state index contributed by atoms with van der Waals surface area (Å²) in [7, 11) is 0. The average molecular weight is 428 g/mol. The van der Waals surface area contributed by atoms with Crippen molar-refractivity contribution in [2.24, 2.45) is 0 Å². The molecule has 3 aliphatic heterocycles. The molecule has 0 radical (unpaired) electrons. The van der Waals surface area contributed by atoms with Crippen LogP contribution >= 0.6 is 0 Å². The van der Waals surface area contributed by atoms with E-state index in [1.807, 2.05) is 11.5 Å². The van der Waals surface area contributed by atoms with E-state index in [9.17, 15) is 23.2 Å². The molecule has 31 heavy (non-hydrogen) atoms. The van der Waals surface area contributed by atoms with Gasteiger partial charge in [-0.15, -0.1) is 0 Å². The van der Waals surface area contributed by atoms with Gasteiger partial charge < -0.3 is 14.8 Å². The fourth-order valence-electron chi connectivity index (χ4n) is 5.30. The van der Waals surface area contributed by atoms with Gasteiger partial charge in [0.25, 0.3) is 11.8 Å². The molecule has 2 N–H and O–H groups in total. The summed E-state index contributed by atoms with van der Waals surface area (Å²) in [6, 6.07) is 3.03. The molecule has 1 aromatic carbocycles. The number of nitrogens with zero attached hydrogens (tertiary/aromatic N) is 2. The standard InChI is InChI=1S/C22H22F2N4O3/c1-11-18-21(31)27-8-7-26-22(27,2)16-6-5-15(28(16)18)17(19(11)29)20(30)25-10-12-3-4-13(23)9-14(12)24/h3-4,9,16,26H,5-8,10H2,1-2H3,(H,25,30). The molecule has 0 aliphatic carbocycles. The Labute approximate surface area is 177 Å². The van der Waals surface area contributed by atoms with Crippen molar-refractivity contribution in [3.05, 3.63) is 68.1 Å². The van der Waals surface area contributed by atoms with Crippen molar-refractivity contribution in [1.82, 2.24) is 20.1 Å². The maximum absolute atomic E-state index is 13.9. The lowest BCUT2D eigenvalue weighted by atomic mass is 9.95. The number of amides is 2. The smallest absolute Gasteiger partial charge is 0.272 e. The second-order valence-electron chi connectivity index (χ2n) is 8.50. The fraction of sp³-hybridized carbons (Fsp3) is 0.409. The highest BCUT2D eigenvalue weighted by atomic mass is 19.1. The number of pyridine rings is 1. The number of carbonyl (C=O) groups is 2. The van der Waals surface area contributed by atoms with E-state index in [-0.39, 0.29) is 35.2 Å². The van der Waals surface area contributed by atoms with E-state index >= 15 is 0 Å². The Balaban J connectivity index is 1.56. The fourth-order valence-corrected chi connectivity index (χ4v) is 5.30. The lowest BCUT2D eigenvalue weighted by molar-refractivity contribution is 0.0330. The predicted octanol–water partition coefficient (Wildman–Crippen LogP) is 1.63. The molecule has 0 saturated carbocycles. The summed E-state index contributed by atoms with van der Waals surface area (Å²) < 4.78 is 28.9. The number of fused-ring (bicyclic) bond motifs is 2. The molecular weight excluding hydrogens is 406 g/mol. The highest BCUT2D eigenvalue weighted by molar-refractivity contribution is 6.00. The van der Waals surface area contributed by atoms with Crippen LogP contribution in [0, 0.1) is 18.6 Å². The van der Waals surface area contributed by atoms with Gasteiger partial charge >= 0.3 is 0 Å². The van der Waals surface area contributed by atoms with Gasteiger partial charge in [0.2, 0.25) is 0 Å². The zero-order valence-electron chi connectivity index (χ0n) is 17.2. The molecule has 2 atom stereocenters. The molecule has 5 rings (SSSR count). The summed E-state index contributed by atoms with van der Waals surface area (Å²) in [6.45, 7) is 4.61. The van der Waals surface area contributed by atoms with Crippen LogP contribution in [0.3, 0.4) is 0 Å². The summed E-state index contributed by atoms with van der Waals surface area (Å²) >= 11 is 0. The van der Waals surface area contributed by atoms with Gasteiger partial charge in [-0.25, -0.2) is 8.78 Å². The van der Waals surface area contributed by atoms with Gasteiger partial charge in [0.15, 0.2) is 5.43 Å². The molecule has 0 bridgehead atoms. The molecule has 1 aromatic heterocycles. The number of benzene rings is 1. The molecule has 162 valence electrons. The van der Waals surface area contributed by atoms with E-state index in [1.165, 1.54) is 6.07 Å². The first-order valence-corrected chi connectivity index (χ1v) is 10.3. The highest BCUT2D eigenvalue weighted by Crippen LogP contribution is 2.44. The number of nitrogens with one attached hydrogen (secondary N) is 2. The Morgan fingerprint density at radius 1 is 1.32 bits per heavy atom. The molecule has 1 saturated heterocycles. The molecule has 3 aliphatic rings. The summed E-state index contributed by atoms with van der Waals surface area (Å²) in [5, 5.41) is 6.00. The summed E-state index contributed by atoms with van der Waals surface area (Å²) in [6.07, 6.45) is 1.18. The summed E-state index contributed by atoms with van der Waals surface area (Å²) in [5.41, 5.74) is 0.194. The maximum atomic E-state index is 13.9. The number of halogens is 2. The first-order valence-electron chi connectivity index (χ1n) is 10.3. The molecule has 4 heterocycles. The Hall–Kier alpha value is -3.07. The van der Waals surface area contributed by atoms with E-state index < -0.39 is 28.6 Å². The minimum Gasteiger partial charge on any atom is -0.348 e. The van der Waals surface area contributed by atoms with Crippen LogP contribution in [0.5, 0.6) is 0 Å². The number of carbonyl (C=O) groups excluding carboxylic acids is 2. The van der Waals surface area contributed by atoms with Crippen LogP contribution in [0.25, 0.3) is 0 Å². The Morgan fingerprint density at radius 3 is 2.84 bits per heavy atom. The molecule has 2 amide bonds. The molecule has 0 spiro atoms. The molecule has 1 fully saturated rings. The molecule has 2 aromatic rings.